The minimum absolute atomic E-state index is 0. The molecule has 0 heterocycles. The predicted molar refractivity (Wildman–Crippen MR) is 43.3 cm³/mol. The van der Waals surface area contributed by atoms with Gasteiger partial charge in [-0.15, -0.1) is 0 Å². The van der Waals surface area contributed by atoms with Gasteiger partial charge in [0.25, 0.3) is 0 Å². The van der Waals surface area contributed by atoms with E-state index in [4.69, 9.17) is 6.58 Å². The molecule has 0 aromatic carbocycles. The molecule has 0 aromatic rings. The molecule has 65 valence electrons. The topological polar surface area (TPSA) is 20.3 Å². The average Bonchev–Trinajstić information content (AvgIpc) is 2.09. The van der Waals surface area contributed by atoms with Gasteiger partial charge in [0.1, 0.15) is 0 Å². The number of hydrogen-bond acceptors (Lipinski definition) is 1. The van der Waals surface area contributed by atoms with Crippen molar-refractivity contribution in [2.75, 3.05) is 0 Å². The molecule has 1 fully saturated rings. The zero-order valence-corrected chi connectivity index (χ0v) is 10.0. The van der Waals surface area contributed by atoms with Gasteiger partial charge in [0.15, 0.2) is 0 Å². The molecule has 1 rings (SSSR count). The first-order valence-electron chi connectivity index (χ1n) is 4.09. The zero-order chi connectivity index (χ0) is 8.10. The summed E-state index contributed by atoms with van der Waals surface area (Å²) in [6, 6.07) is 0.311. The number of amides is 1. The fourth-order valence-corrected chi connectivity index (χ4v) is 1.59. The van der Waals surface area contributed by atoms with Crippen molar-refractivity contribution >= 4 is 6.41 Å². The van der Waals surface area contributed by atoms with E-state index in [9.17, 15) is 4.79 Å². The predicted octanol–water partition coefficient (Wildman–Crippen LogP) is 1.63. The van der Waals surface area contributed by atoms with Crippen molar-refractivity contribution in [1.82, 2.24) is 4.90 Å². The molecule has 0 saturated heterocycles. The summed E-state index contributed by atoms with van der Waals surface area (Å²) in [4.78, 5) is 11.8. The second-order valence-electron chi connectivity index (χ2n) is 2.94. The van der Waals surface area contributed by atoms with Gasteiger partial charge < -0.3 is 22.5 Å². The Labute approximate surface area is 99.3 Å². The second-order valence-corrected chi connectivity index (χ2v) is 2.94. The third kappa shape index (κ3) is 3.36. The van der Waals surface area contributed by atoms with Gasteiger partial charge in [0.05, 0.1) is 6.41 Å². The standard InChI is InChI=1S/C9H13NO.Y/c1-2-10(8-11)9-6-4-3-5-7-9;/h1-2,9H,3-7H2;/q-2;. The Bertz CT molecular complexity index is 135. The molecular formula is C9H13NOY-2. The largest absolute Gasteiger partial charge is 0.602 e. The summed E-state index contributed by atoms with van der Waals surface area (Å²) in [5, 5.41) is 0. The van der Waals surface area contributed by atoms with Crippen molar-refractivity contribution in [3.63, 3.8) is 0 Å². The van der Waals surface area contributed by atoms with Crippen molar-refractivity contribution in [3.8, 4) is 0 Å². The minimum atomic E-state index is 0. The van der Waals surface area contributed by atoms with Crippen molar-refractivity contribution in [2.45, 2.75) is 38.1 Å². The van der Waals surface area contributed by atoms with Crippen molar-refractivity contribution in [3.05, 3.63) is 12.8 Å². The van der Waals surface area contributed by atoms with E-state index < -0.39 is 0 Å². The molecule has 1 saturated carbocycles. The molecule has 1 amide bonds. The van der Waals surface area contributed by atoms with Crippen molar-refractivity contribution in [1.29, 1.82) is 0 Å². The van der Waals surface area contributed by atoms with E-state index in [1.807, 2.05) is 6.41 Å². The molecule has 3 heteroatoms. The van der Waals surface area contributed by atoms with E-state index in [-0.39, 0.29) is 32.7 Å². The number of carbonyl (C=O) groups excluding carboxylic acids is 1. The van der Waals surface area contributed by atoms with Crippen LogP contribution in [0.1, 0.15) is 32.1 Å². The maximum Gasteiger partial charge on any atom is 0.0693 e. The summed E-state index contributed by atoms with van der Waals surface area (Å²) in [6.45, 7) is 5.25. The van der Waals surface area contributed by atoms with Gasteiger partial charge >= 0.3 is 0 Å². The van der Waals surface area contributed by atoms with Gasteiger partial charge in [-0.3, -0.25) is 0 Å². The molecule has 0 aromatic heterocycles. The van der Waals surface area contributed by atoms with E-state index in [2.05, 4.69) is 0 Å². The molecule has 0 bridgehead atoms. The van der Waals surface area contributed by atoms with Crippen LogP contribution in [0.4, 0.5) is 0 Å². The first-order chi connectivity index (χ1) is 5.38. The van der Waals surface area contributed by atoms with Crippen LogP contribution >= 0.6 is 0 Å². The SMILES string of the molecule is [CH-]=CN([C-]=O)C1CCCCC1.[Y]. The van der Waals surface area contributed by atoms with Crippen LogP contribution in [0.2, 0.25) is 0 Å². The Morgan fingerprint density at radius 3 is 2.33 bits per heavy atom. The van der Waals surface area contributed by atoms with E-state index in [1.165, 1.54) is 30.4 Å². The van der Waals surface area contributed by atoms with Crippen LogP contribution in [0.3, 0.4) is 0 Å². The van der Waals surface area contributed by atoms with E-state index in [1.54, 1.807) is 0 Å². The molecule has 0 aliphatic heterocycles. The third-order valence-electron chi connectivity index (χ3n) is 2.23. The van der Waals surface area contributed by atoms with Gasteiger partial charge in [-0.2, -0.15) is 0 Å². The quantitative estimate of drug-likeness (QED) is 0.542. The van der Waals surface area contributed by atoms with Crippen molar-refractivity contribution in [2.24, 2.45) is 0 Å². The van der Waals surface area contributed by atoms with Crippen LogP contribution in [-0.4, -0.2) is 17.4 Å². The van der Waals surface area contributed by atoms with Crippen LogP contribution in [0.15, 0.2) is 6.20 Å². The maximum atomic E-state index is 10.3. The molecule has 0 unspecified atom stereocenters. The summed E-state index contributed by atoms with van der Waals surface area (Å²) in [5.74, 6) is 0. The van der Waals surface area contributed by atoms with Gasteiger partial charge in [0.2, 0.25) is 0 Å². The first-order valence-corrected chi connectivity index (χ1v) is 4.09. The normalized spacial score (nSPS) is 17.7. The molecule has 0 atom stereocenters. The monoisotopic (exact) mass is 240 g/mol. The van der Waals surface area contributed by atoms with Crippen LogP contribution in [0.25, 0.3) is 0 Å². The smallest absolute Gasteiger partial charge is 0.0693 e. The van der Waals surface area contributed by atoms with Crippen LogP contribution < -0.4 is 0 Å². The molecule has 0 spiro atoms. The fraction of sp³-hybridized carbons (Fsp3) is 0.667. The Hall–Kier alpha value is 0.314. The van der Waals surface area contributed by atoms with Gasteiger partial charge in [-0.05, 0) is 12.8 Å². The maximum absolute atomic E-state index is 10.3. The summed E-state index contributed by atoms with van der Waals surface area (Å²) in [5.41, 5.74) is 0. The molecule has 0 N–H and O–H groups in total. The average molecular weight is 240 g/mol. The molecule has 1 aliphatic rings. The first kappa shape index (κ1) is 12.3. The summed E-state index contributed by atoms with van der Waals surface area (Å²) in [7, 11) is 0. The number of hydrogen-bond donors (Lipinski definition) is 0. The van der Waals surface area contributed by atoms with Crippen LogP contribution in [0, 0.1) is 6.58 Å². The van der Waals surface area contributed by atoms with Gasteiger partial charge in [-0.25, -0.2) is 0 Å². The minimum Gasteiger partial charge on any atom is -0.602 e. The molecule has 12 heavy (non-hydrogen) atoms. The van der Waals surface area contributed by atoms with E-state index >= 15 is 0 Å². The molecule has 1 aliphatic carbocycles. The zero-order valence-electron chi connectivity index (χ0n) is 7.20. The molecular weight excluding hydrogens is 227 g/mol. The Kier molecular flexibility index (Phi) is 6.97. The Morgan fingerprint density at radius 1 is 1.33 bits per heavy atom. The summed E-state index contributed by atoms with van der Waals surface area (Å²) >= 11 is 0. The fourth-order valence-electron chi connectivity index (χ4n) is 1.59. The Morgan fingerprint density at radius 2 is 1.92 bits per heavy atom. The number of rotatable bonds is 3. The molecule has 2 nitrogen and oxygen atoms in total. The van der Waals surface area contributed by atoms with Crippen LogP contribution in [-0.2, 0) is 37.5 Å². The third-order valence-corrected chi connectivity index (χ3v) is 2.23. The molecule has 1 radical (unpaired) electrons. The second kappa shape index (κ2) is 6.79. The summed E-state index contributed by atoms with van der Waals surface area (Å²) < 4.78 is 0. The van der Waals surface area contributed by atoms with Crippen molar-refractivity contribution < 1.29 is 37.5 Å². The van der Waals surface area contributed by atoms with Crippen LogP contribution in [0.5, 0.6) is 0 Å². The van der Waals surface area contributed by atoms with E-state index in [0.29, 0.717) is 6.04 Å². The number of nitrogens with zero attached hydrogens (tertiary/aromatic N) is 1. The van der Waals surface area contributed by atoms with E-state index in [0.717, 1.165) is 12.8 Å². The van der Waals surface area contributed by atoms with Gasteiger partial charge in [-0.1, -0.05) is 19.3 Å². The summed E-state index contributed by atoms with van der Waals surface area (Å²) in [6.07, 6.45) is 8.99. The van der Waals surface area contributed by atoms with Gasteiger partial charge in [0, 0.05) is 38.8 Å². The Balaban J connectivity index is 0.00000121.